The second-order valence-corrected chi connectivity index (χ2v) is 2.96. The molecule has 1 aromatic rings. The second-order valence-electron chi connectivity index (χ2n) is 2.96. The first kappa shape index (κ1) is 8.56. The lowest BCUT2D eigenvalue weighted by molar-refractivity contribution is 0.196. The fraction of sp³-hybridized carbons (Fsp3) is 0. The van der Waals surface area contributed by atoms with Crippen molar-refractivity contribution in [2.24, 2.45) is 0 Å². The lowest BCUT2D eigenvalue weighted by Gasteiger charge is -1.91. The molecule has 0 bridgehead atoms. The van der Waals surface area contributed by atoms with Gasteiger partial charge in [0.2, 0.25) is 0 Å². The summed E-state index contributed by atoms with van der Waals surface area (Å²) in [7, 11) is 0. The van der Waals surface area contributed by atoms with Gasteiger partial charge in [-0.2, -0.15) is 0 Å². The summed E-state index contributed by atoms with van der Waals surface area (Å²) in [4.78, 5) is 10.7. The van der Waals surface area contributed by atoms with Gasteiger partial charge in [-0.25, -0.2) is 4.79 Å². The van der Waals surface area contributed by atoms with E-state index in [0.717, 1.165) is 15.7 Å². The van der Waals surface area contributed by atoms with Crippen molar-refractivity contribution < 1.29 is 9.90 Å². The predicted molar refractivity (Wildman–Crippen MR) is 55.1 cm³/mol. The molecular formula is C11H9NO2. The van der Waals surface area contributed by atoms with Gasteiger partial charge in [-0.3, -0.25) is 4.57 Å². The number of carbonyl (C=O) groups is 1. The lowest BCUT2D eigenvalue weighted by Crippen LogP contribution is -2.03. The number of carboxylic acid groups (broad SMARTS) is 1. The molecule has 0 unspecified atom stereocenters. The Bertz CT molecular complexity index is 416. The molecule has 1 aliphatic carbocycles. The Morgan fingerprint density at radius 1 is 1.00 bits per heavy atom. The predicted octanol–water partition coefficient (Wildman–Crippen LogP) is 2.61. The molecule has 0 amide bonds. The Morgan fingerprint density at radius 2 is 1.50 bits per heavy atom. The largest absolute Gasteiger partial charge is 0.464 e. The second kappa shape index (κ2) is 3.38. The molecule has 1 heterocycles. The van der Waals surface area contributed by atoms with Crippen molar-refractivity contribution in [3.8, 4) is 0 Å². The van der Waals surface area contributed by atoms with Gasteiger partial charge in [0, 0.05) is 12.4 Å². The Labute approximate surface area is 81.3 Å². The molecule has 0 fully saturated rings. The molecule has 14 heavy (non-hydrogen) atoms. The van der Waals surface area contributed by atoms with Crippen LogP contribution in [-0.2, 0) is 0 Å². The molecule has 0 saturated heterocycles. The minimum Gasteiger partial charge on any atom is -0.464 e. The number of hydrogen-bond acceptors (Lipinski definition) is 1. The van der Waals surface area contributed by atoms with Gasteiger partial charge < -0.3 is 5.11 Å². The third kappa shape index (κ3) is 1.52. The van der Waals surface area contributed by atoms with E-state index in [1.165, 1.54) is 0 Å². The summed E-state index contributed by atoms with van der Waals surface area (Å²) in [6.45, 7) is 0. The lowest BCUT2D eigenvalue weighted by atomic mass is 10.1. The quantitative estimate of drug-likeness (QED) is 0.678. The summed E-state index contributed by atoms with van der Waals surface area (Å²) < 4.78 is 1.16. The SMILES string of the molecule is O=C(O)n1cc2c(c1)/C=C\C=C/C=C2. The monoisotopic (exact) mass is 187 g/mol. The van der Waals surface area contributed by atoms with Gasteiger partial charge in [-0.15, -0.1) is 0 Å². The molecule has 1 N–H and O–H groups in total. The van der Waals surface area contributed by atoms with E-state index >= 15 is 0 Å². The highest BCUT2D eigenvalue weighted by molar-refractivity contribution is 5.74. The summed E-state index contributed by atoms with van der Waals surface area (Å²) in [6, 6.07) is 0. The van der Waals surface area contributed by atoms with Crippen LogP contribution in [0.1, 0.15) is 11.1 Å². The van der Waals surface area contributed by atoms with E-state index < -0.39 is 6.09 Å². The number of nitrogens with zero attached hydrogens (tertiary/aromatic N) is 1. The molecule has 0 atom stereocenters. The average molecular weight is 187 g/mol. The van der Waals surface area contributed by atoms with Gasteiger partial charge in [0.1, 0.15) is 0 Å². The van der Waals surface area contributed by atoms with E-state index in [4.69, 9.17) is 5.11 Å². The zero-order valence-electron chi connectivity index (χ0n) is 7.42. The summed E-state index contributed by atoms with van der Waals surface area (Å²) in [5.41, 5.74) is 1.82. The molecule has 0 spiro atoms. The van der Waals surface area contributed by atoms with Gasteiger partial charge in [0.25, 0.3) is 0 Å². The molecule has 3 nitrogen and oxygen atoms in total. The van der Waals surface area contributed by atoms with Gasteiger partial charge >= 0.3 is 6.09 Å². The van der Waals surface area contributed by atoms with Crippen LogP contribution in [0.3, 0.4) is 0 Å². The molecule has 0 saturated carbocycles. The summed E-state index contributed by atoms with van der Waals surface area (Å²) >= 11 is 0. The van der Waals surface area contributed by atoms with Crippen molar-refractivity contribution in [1.82, 2.24) is 4.57 Å². The van der Waals surface area contributed by atoms with Crippen LogP contribution < -0.4 is 0 Å². The van der Waals surface area contributed by atoms with Crippen LogP contribution in [0.15, 0.2) is 36.7 Å². The standard InChI is InChI=1S/C11H9NO2/c13-11(14)12-7-9-5-3-1-2-4-6-10(9)8-12/h1-8H,(H,13,14)/b2-1-,5-3-,6-4?. The fourth-order valence-electron chi connectivity index (χ4n) is 1.32. The van der Waals surface area contributed by atoms with Crippen molar-refractivity contribution in [3.63, 3.8) is 0 Å². The van der Waals surface area contributed by atoms with E-state index in [9.17, 15) is 4.79 Å². The number of rotatable bonds is 0. The molecule has 0 radical (unpaired) electrons. The Morgan fingerprint density at radius 3 is 1.93 bits per heavy atom. The van der Waals surface area contributed by atoms with Crippen LogP contribution in [0.25, 0.3) is 12.2 Å². The van der Waals surface area contributed by atoms with Gasteiger partial charge in [0.05, 0.1) is 0 Å². The molecule has 1 aliphatic rings. The number of fused-ring (bicyclic) bond motifs is 1. The Balaban J connectivity index is 2.50. The highest BCUT2D eigenvalue weighted by Gasteiger charge is 2.06. The van der Waals surface area contributed by atoms with Crippen molar-refractivity contribution in [2.45, 2.75) is 0 Å². The van der Waals surface area contributed by atoms with Crippen LogP contribution in [0.4, 0.5) is 4.79 Å². The molecule has 0 aliphatic heterocycles. The number of aromatic nitrogens is 1. The summed E-state index contributed by atoms with van der Waals surface area (Å²) in [6.07, 6.45) is 13.6. The Kier molecular flexibility index (Phi) is 2.07. The van der Waals surface area contributed by atoms with E-state index in [2.05, 4.69) is 0 Å². The van der Waals surface area contributed by atoms with Crippen molar-refractivity contribution >= 4 is 18.2 Å². The minimum absolute atomic E-state index is 0.910. The van der Waals surface area contributed by atoms with Crippen LogP contribution in [0, 0.1) is 0 Å². The van der Waals surface area contributed by atoms with Gasteiger partial charge in [-0.05, 0) is 11.1 Å². The van der Waals surface area contributed by atoms with Crippen LogP contribution in [-0.4, -0.2) is 15.8 Å². The average Bonchev–Trinajstić information content (AvgIpc) is 2.48. The first-order chi connectivity index (χ1) is 6.77. The number of allylic oxidation sites excluding steroid dienone is 4. The van der Waals surface area contributed by atoms with Crippen molar-refractivity contribution in [3.05, 3.63) is 47.8 Å². The van der Waals surface area contributed by atoms with E-state index in [-0.39, 0.29) is 0 Å². The highest BCUT2D eigenvalue weighted by atomic mass is 16.4. The smallest absolute Gasteiger partial charge is 0.415 e. The summed E-state index contributed by atoms with van der Waals surface area (Å²) in [5.74, 6) is 0. The van der Waals surface area contributed by atoms with Crippen molar-refractivity contribution in [2.75, 3.05) is 0 Å². The van der Waals surface area contributed by atoms with E-state index in [1.54, 1.807) is 12.4 Å². The molecule has 0 aromatic carbocycles. The maximum Gasteiger partial charge on any atom is 0.415 e. The number of hydrogen-bond donors (Lipinski definition) is 1. The maximum atomic E-state index is 10.7. The van der Waals surface area contributed by atoms with Gasteiger partial charge in [-0.1, -0.05) is 36.5 Å². The first-order valence-corrected chi connectivity index (χ1v) is 4.24. The minimum atomic E-state index is -0.966. The van der Waals surface area contributed by atoms with Crippen LogP contribution in [0.5, 0.6) is 0 Å². The van der Waals surface area contributed by atoms with Crippen LogP contribution in [0.2, 0.25) is 0 Å². The van der Waals surface area contributed by atoms with Crippen LogP contribution >= 0.6 is 0 Å². The third-order valence-electron chi connectivity index (χ3n) is 2.00. The topological polar surface area (TPSA) is 42.2 Å². The summed E-state index contributed by atoms with van der Waals surface area (Å²) in [5, 5.41) is 8.77. The molecule has 1 aromatic heterocycles. The van der Waals surface area contributed by atoms with Crippen molar-refractivity contribution in [1.29, 1.82) is 0 Å². The molecule has 70 valence electrons. The highest BCUT2D eigenvalue weighted by Crippen LogP contribution is 2.16. The first-order valence-electron chi connectivity index (χ1n) is 4.24. The van der Waals surface area contributed by atoms with E-state index in [0.29, 0.717) is 0 Å². The molecule has 2 rings (SSSR count). The molecular weight excluding hydrogens is 178 g/mol. The zero-order chi connectivity index (χ0) is 9.97. The van der Waals surface area contributed by atoms with Gasteiger partial charge in [0.15, 0.2) is 0 Å². The normalized spacial score (nSPS) is 18.0. The maximum absolute atomic E-state index is 10.7. The zero-order valence-corrected chi connectivity index (χ0v) is 7.42. The Hall–Kier alpha value is -2.03. The fourth-order valence-corrected chi connectivity index (χ4v) is 1.32. The third-order valence-corrected chi connectivity index (χ3v) is 2.00. The van der Waals surface area contributed by atoms with E-state index in [1.807, 2.05) is 36.5 Å². The molecule has 3 heteroatoms.